The first-order valence-electron chi connectivity index (χ1n) is 17.1. The fraction of sp³-hybridized carbons (Fsp3) is 0.526. The lowest BCUT2D eigenvalue weighted by molar-refractivity contribution is -0.160. The molecule has 1 aromatic carbocycles. The molecule has 11 atom stereocenters. The van der Waals surface area contributed by atoms with Crippen molar-refractivity contribution in [3.05, 3.63) is 69.7 Å². The maximum atomic E-state index is 14.1. The third kappa shape index (κ3) is 7.30. The molecule has 1 aliphatic carbocycles. The highest BCUT2D eigenvalue weighted by Crippen LogP contribution is 2.53. The van der Waals surface area contributed by atoms with Gasteiger partial charge in [-0.25, -0.2) is 0 Å². The van der Waals surface area contributed by atoms with Crippen LogP contribution in [0.2, 0.25) is 0 Å². The fourth-order valence-corrected chi connectivity index (χ4v) is 7.14. The lowest BCUT2D eigenvalue weighted by Gasteiger charge is -2.38. The molecule has 4 aliphatic rings. The molecule has 3 aliphatic heterocycles. The third-order valence-corrected chi connectivity index (χ3v) is 10.4. The molecular formula is C38H49NO13. The molecule has 8 unspecified atom stereocenters. The van der Waals surface area contributed by atoms with Crippen molar-refractivity contribution in [3.63, 3.8) is 0 Å². The number of esters is 1. The van der Waals surface area contributed by atoms with E-state index in [1.54, 1.807) is 33.8 Å². The molecule has 0 saturated heterocycles. The van der Waals surface area contributed by atoms with E-state index in [0.29, 0.717) is 0 Å². The lowest BCUT2D eigenvalue weighted by Crippen LogP contribution is -2.46. The number of benzene rings is 1. The van der Waals surface area contributed by atoms with Crippen molar-refractivity contribution in [1.29, 1.82) is 0 Å². The molecule has 5 rings (SSSR count). The smallest absolute Gasteiger partial charge is 0.312 e. The van der Waals surface area contributed by atoms with Gasteiger partial charge in [0, 0.05) is 72.5 Å². The number of ketones is 1. The van der Waals surface area contributed by atoms with Gasteiger partial charge in [0.05, 0.1) is 35.8 Å². The van der Waals surface area contributed by atoms with E-state index in [9.17, 15) is 44.7 Å². The van der Waals surface area contributed by atoms with Crippen LogP contribution in [0.5, 0.6) is 11.5 Å². The van der Waals surface area contributed by atoms with E-state index in [0.717, 1.165) is 6.26 Å². The molecule has 6 N–H and O–H groups in total. The number of phenols is 1. The number of aliphatic hydroxyl groups excluding tert-OH is 4. The van der Waals surface area contributed by atoms with Gasteiger partial charge in [-0.2, -0.15) is 0 Å². The Morgan fingerprint density at radius 2 is 1.62 bits per heavy atom. The Morgan fingerprint density at radius 3 is 2.21 bits per heavy atom. The average Bonchev–Trinajstić information content (AvgIpc) is 3.36. The van der Waals surface area contributed by atoms with Gasteiger partial charge in [0.15, 0.2) is 6.29 Å². The number of amides is 1. The normalized spacial score (nSPS) is 36.5. The molecule has 1 aromatic rings. The van der Waals surface area contributed by atoms with Gasteiger partial charge in [-0.05, 0) is 19.9 Å². The summed E-state index contributed by atoms with van der Waals surface area (Å²) in [5.74, 6) is -7.38. The molecule has 0 saturated carbocycles. The Balaban J connectivity index is 1.88. The highest BCUT2D eigenvalue weighted by atomic mass is 16.7. The molecule has 14 nitrogen and oxygen atoms in total. The zero-order chi connectivity index (χ0) is 39.0. The second-order valence-corrected chi connectivity index (χ2v) is 14.0. The van der Waals surface area contributed by atoms with Gasteiger partial charge in [0.1, 0.15) is 29.8 Å². The van der Waals surface area contributed by atoms with Crippen molar-refractivity contribution in [2.75, 3.05) is 7.11 Å². The molecular weight excluding hydrogens is 678 g/mol. The number of methoxy groups -OCH3 is 1. The number of hydrogen-bond donors (Lipinski definition) is 6. The van der Waals surface area contributed by atoms with Gasteiger partial charge in [-0.3, -0.25) is 19.2 Å². The number of fused-ring (bicyclic) bond motifs is 14. The zero-order valence-corrected chi connectivity index (χ0v) is 30.7. The van der Waals surface area contributed by atoms with Crippen LogP contribution >= 0.6 is 0 Å². The molecule has 52 heavy (non-hydrogen) atoms. The highest BCUT2D eigenvalue weighted by molar-refractivity contribution is 6.09. The molecule has 1 amide bonds. The van der Waals surface area contributed by atoms with Crippen LogP contribution in [-0.2, 0) is 28.6 Å². The van der Waals surface area contributed by atoms with E-state index in [2.05, 4.69) is 5.32 Å². The number of aldehydes is 1. The van der Waals surface area contributed by atoms with E-state index in [4.69, 9.17) is 18.9 Å². The number of nitrogens with one attached hydrogen (secondary N) is 1. The minimum atomic E-state index is -2.05. The van der Waals surface area contributed by atoms with E-state index in [1.165, 1.54) is 53.0 Å². The van der Waals surface area contributed by atoms with Gasteiger partial charge < -0.3 is 49.8 Å². The zero-order valence-electron chi connectivity index (χ0n) is 30.7. The van der Waals surface area contributed by atoms with E-state index >= 15 is 0 Å². The Kier molecular flexibility index (Phi) is 12.2. The van der Waals surface area contributed by atoms with Crippen molar-refractivity contribution in [1.82, 2.24) is 5.32 Å². The molecule has 5 bridgehead atoms. The molecule has 0 spiro atoms. The maximum absolute atomic E-state index is 14.1. The molecule has 14 heteroatoms. The number of allylic oxidation sites excluding steroid dienone is 2. The fourth-order valence-electron chi connectivity index (χ4n) is 7.14. The van der Waals surface area contributed by atoms with Crippen LogP contribution in [0.25, 0.3) is 0 Å². The van der Waals surface area contributed by atoms with Crippen molar-refractivity contribution in [3.8, 4) is 11.5 Å². The summed E-state index contributed by atoms with van der Waals surface area (Å²) in [6, 6.07) is 0. The summed E-state index contributed by atoms with van der Waals surface area (Å²) in [7, 11) is 1.41. The highest BCUT2D eigenvalue weighted by Gasteiger charge is 2.52. The van der Waals surface area contributed by atoms with Gasteiger partial charge >= 0.3 is 11.8 Å². The van der Waals surface area contributed by atoms with Gasteiger partial charge in [-0.15, -0.1) is 0 Å². The molecule has 0 aromatic heterocycles. The summed E-state index contributed by atoms with van der Waals surface area (Å²) in [4.78, 5) is 51.9. The van der Waals surface area contributed by atoms with Gasteiger partial charge in [0.25, 0.3) is 11.7 Å². The average molecular weight is 728 g/mol. The van der Waals surface area contributed by atoms with Crippen LogP contribution in [0.15, 0.2) is 47.4 Å². The van der Waals surface area contributed by atoms with Crippen LogP contribution in [0.3, 0.4) is 0 Å². The van der Waals surface area contributed by atoms with Crippen LogP contribution in [-0.4, -0.2) is 86.8 Å². The minimum absolute atomic E-state index is 0.0299. The van der Waals surface area contributed by atoms with Crippen LogP contribution in [0.1, 0.15) is 87.7 Å². The van der Waals surface area contributed by atoms with Gasteiger partial charge in [-0.1, -0.05) is 45.9 Å². The molecule has 0 radical (unpaired) electrons. The summed E-state index contributed by atoms with van der Waals surface area (Å²) in [6.45, 7) is 12.3. The number of hydrogen-bond acceptors (Lipinski definition) is 13. The number of phenolic OH excluding ortho intramolecular Hbond substituents is 1. The van der Waals surface area contributed by atoms with Crippen LogP contribution < -0.4 is 10.1 Å². The molecule has 0 fully saturated rings. The summed E-state index contributed by atoms with van der Waals surface area (Å²) in [5, 5.41) is 59.3. The van der Waals surface area contributed by atoms with Crippen LogP contribution in [0.4, 0.5) is 0 Å². The van der Waals surface area contributed by atoms with Crippen molar-refractivity contribution >= 4 is 23.9 Å². The predicted molar refractivity (Wildman–Crippen MR) is 186 cm³/mol. The van der Waals surface area contributed by atoms with Crippen LogP contribution in [0, 0.1) is 30.6 Å². The first kappa shape index (κ1) is 40.4. The topological polar surface area (TPSA) is 218 Å². The first-order valence-corrected chi connectivity index (χ1v) is 17.1. The predicted octanol–water partition coefficient (Wildman–Crippen LogP) is 2.90. The van der Waals surface area contributed by atoms with Crippen molar-refractivity contribution < 1.29 is 63.7 Å². The minimum Gasteiger partial charge on any atom is -0.507 e. The standard InChI is InChI=1S/C38H49NO13/c1-16-11-10-12-17(2)37(48)39-28-23(15-40)32(45)25-26(33(28)46)31(44)21(6)35-27(25)36(47)38(8,52-35)50-14-13-24(49-9)18(3)34(51-22(7)41)20(5)30(43)19(4)29(16)42/h10-16,18-20,24,29-30,32-34,42-46H,1-9H3,(H,39,48)/b11-10-,14-13-,17-12-/t16-,18?,19-,20?,24?,29?,30?,32?,33?,34?,38+/m1/s1. The second-order valence-electron chi connectivity index (χ2n) is 14.0. The Bertz CT molecular complexity index is 1730. The third-order valence-electron chi connectivity index (χ3n) is 10.4. The number of Topliss-reactive ketones (excluding diaryl/α,β-unsaturated/α-hetero) is 1. The van der Waals surface area contributed by atoms with E-state index < -0.39 is 95.1 Å². The lowest BCUT2D eigenvalue weighted by atomic mass is 9.78. The quantitative estimate of drug-likeness (QED) is 0.195. The molecule has 284 valence electrons. The number of carbonyl (C=O) groups excluding carboxylic acids is 4. The SMILES string of the molecule is COC1/C=C\O[C@@]2(C)Oc3c(C)c(O)c4c(c3C2=O)C(O)C(C=O)=C(NC(=O)/C(C)=C\C=C/[C@@H](C)C(O)[C@@H](C)C(O)C(C)C(OC(C)=O)C1C)C4O. The number of aromatic hydroxyl groups is 1. The maximum Gasteiger partial charge on any atom is 0.312 e. The molecule has 3 heterocycles. The Hall–Kier alpha value is -4.34. The van der Waals surface area contributed by atoms with E-state index in [1.807, 2.05) is 0 Å². The summed E-state index contributed by atoms with van der Waals surface area (Å²) in [6.07, 6.45) is -0.168. The summed E-state index contributed by atoms with van der Waals surface area (Å²) >= 11 is 0. The first-order chi connectivity index (χ1) is 24.3. The Labute approximate surface area is 302 Å². The second kappa shape index (κ2) is 15.7. The summed E-state index contributed by atoms with van der Waals surface area (Å²) in [5.41, 5.74) is -1.49. The number of ether oxygens (including phenoxy) is 4. The number of carbonyl (C=O) groups is 4. The number of aliphatic hydroxyl groups is 4. The Morgan fingerprint density at radius 1 is 0.962 bits per heavy atom. The van der Waals surface area contributed by atoms with Gasteiger partial charge in [0.2, 0.25) is 0 Å². The van der Waals surface area contributed by atoms with Crippen molar-refractivity contribution in [2.45, 2.75) is 97.8 Å². The number of rotatable bonds is 3. The summed E-state index contributed by atoms with van der Waals surface area (Å²) < 4.78 is 23.2. The van der Waals surface area contributed by atoms with Crippen molar-refractivity contribution in [2.24, 2.45) is 23.7 Å². The van der Waals surface area contributed by atoms with E-state index in [-0.39, 0.29) is 45.6 Å². The monoisotopic (exact) mass is 727 g/mol. The largest absolute Gasteiger partial charge is 0.507 e.